The predicted octanol–water partition coefficient (Wildman–Crippen LogP) is 4.12. The summed E-state index contributed by atoms with van der Waals surface area (Å²) in [6.45, 7) is 4.03. The van der Waals surface area contributed by atoms with E-state index in [2.05, 4.69) is 0 Å². The van der Waals surface area contributed by atoms with Crippen LogP contribution in [0, 0.1) is 0 Å². The zero-order chi connectivity index (χ0) is 19.7. The van der Waals surface area contributed by atoms with Crippen LogP contribution in [0.25, 0.3) is 5.57 Å². The molecule has 2 aliphatic heterocycles. The van der Waals surface area contributed by atoms with Crippen LogP contribution in [0.1, 0.15) is 25.3 Å². The first-order chi connectivity index (χ1) is 13.6. The van der Waals surface area contributed by atoms with Gasteiger partial charge >= 0.3 is 0 Å². The van der Waals surface area contributed by atoms with E-state index < -0.39 is 0 Å². The molecule has 28 heavy (non-hydrogen) atoms. The summed E-state index contributed by atoms with van der Waals surface area (Å²) in [5.74, 6) is 0.0716. The van der Waals surface area contributed by atoms with Gasteiger partial charge in [0.2, 0.25) is 0 Å². The van der Waals surface area contributed by atoms with E-state index in [0.29, 0.717) is 34.2 Å². The Balaban J connectivity index is 1.80. The molecule has 2 aromatic carbocycles. The summed E-state index contributed by atoms with van der Waals surface area (Å²) in [5, 5.41) is 0.373. The molecule has 0 aromatic heterocycles. The Morgan fingerprint density at radius 3 is 2.29 bits per heavy atom. The van der Waals surface area contributed by atoms with Gasteiger partial charge in [-0.1, -0.05) is 35.9 Å². The van der Waals surface area contributed by atoms with Crippen molar-refractivity contribution in [1.82, 2.24) is 4.90 Å². The average molecular weight is 397 g/mol. The number of benzene rings is 2. The maximum absolute atomic E-state index is 13.4. The molecular formula is C22H21ClN2O3. The van der Waals surface area contributed by atoms with E-state index in [9.17, 15) is 9.59 Å². The van der Waals surface area contributed by atoms with E-state index in [1.54, 1.807) is 24.3 Å². The Morgan fingerprint density at radius 2 is 1.64 bits per heavy atom. The fourth-order valence-electron chi connectivity index (χ4n) is 3.75. The SMILES string of the molecule is CCOc1ccc(C2=C(N3CCCC3)C(=O)N(c3ccccc3Cl)C2=O)cc1. The normalized spacial score (nSPS) is 17.1. The topological polar surface area (TPSA) is 49.9 Å². The average Bonchev–Trinajstić information content (AvgIpc) is 3.30. The Kier molecular flexibility index (Phi) is 5.09. The standard InChI is InChI=1S/C22H21ClN2O3/c1-2-28-16-11-9-15(10-12-16)19-20(24-13-5-6-14-24)22(27)25(21(19)26)18-8-4-3-7-17(18)23/h3-4,7-12H,2,5-6,13-14H2,1H3. The van der Waals surface area contributed by atoms with Gasteiger partial charge in [-0.2, -0.15) is 0 Å². The van der Waals surface area contributed by atoms with Crippen molar-refractivity contribution in [2.45, 2.75) is 19.8 Å². The molecule has 6 heteroatoms. The quantitative estimate of drug-likeness (QED) is 0.713. The molecule has 144 valence electrons. The predicted molar refractivity (Wildman–Crippen MR) is 109 cm³/mol. The smallest absolute Gasteiger partial charge is 0.282 e. The maximum atomic E-state index is 13.4. The van der Waals surface area contributed by atoms with Gasteiger partial charge in [-0.05, 0) is 49.6 Å². The first kappa shape index (κ1) is 18.6. The molecule has 2 amide bonds. The number of likely N-dealkylation sites (tertiary alicyclic amines) is 1. The summed E-state index contributed by atoms with van der Waals surface area (Å²) in [6.07, 6.45) is 2.02. The van der Waals surface area contributed by atoms with E-state index in [0.717, 1.165) is 31.7 Å². The van der Waals surface area contributed by atoms with E-state index in [-0.39, 0.29) is 11.8 Å². The number of imide groups is 1. The third-order valence-corrected chi connectivity index (χ3v) is 5.35. The first-order valence-corrected chi connectivity index (χ1v) is 9.85. The number of nitrogens with zero attached hydrogens (tertiary/aromatic N) is 2. The van der Waals surface area contributed by atoms with Crippen LogP contribution in [0.4, 0.5) is 5.69 Å². The number of ether oxygens (including phenoxy) is 1. The van der Waals surface area contributed by atoms with Gasteiger partial charge in [0.1, 0.15) is 11.4 Å². The Hall–Kier alpha value is -2.79. The number of para-hydroxylation sites is 1. The fourth-order valence-corrected chi connectivity index (χ4v) is 3.97. The van der Waals surface area contributed by atoms with Crippen molar-refractivity contribution in [1.29, 1.82) is 0 Å². The number of hydrogen-bond acceptors (Lipinski definition) is 4. The Morgan fingerprint density at radius 1 is 0.964 bits per heavy atom. The van der Waals surface area contributed by atoms with Gasteiger partial charge in [0, 0.05) is 13.1 Å². The van der Waals surface area contributed by atoms with Gasteiger partial charge in [0.05, 0.1) is 22.9 Å². The highest BCUT2D eigenvalue weighted by molar-refractivity contribution is 6.47. The first-order valence-electron chi connectivity index (χ1n) is 9.47. The number of hydrogen-bond donors (Lipinski definition) is 0. The summed E-state index contributed by atoms with van der Waals surface area (Å²) in [6, 6.07) is 14.2. The fraction of sp³-hybridized carbons (Fsp3) is 0.273. The minimum Gasteiger partial charge on any atom is -0.494 e. The lowest BCUT2D eigenvalue weighted by Gasteiger charge is -2.20. The highest BCUT2D eigenvalue weighted by atomic mass is 35.5. The van der Waals surface area contributed by atoms with Crippen LogP contribution >= 0.6 is 11.6 Å². The van der Waals surface area contributed by atoms with Gasteiger partial charge in [0.15, 0.2) is 0 Å². The lowest BCUT2D eigenvalue weighted by atomic mass is 10.0. The molecule has 4 rings (SSSR count). The van der Waals surface area contributed by atoms with Gasteiger partial charge in [-0.25, -0.2) is 4.90 Å². The molecule has 0 bridgehead atoms. The molecule has 0 saturated carbocycles. The summed E-state index contributed by atoms with van der Waals surface area (Å²) in [7, 11) is 0. The van der Waals surface area contributed by atoms with Crippen LogP contribution in [0.3, 0.4) is 0 Å². The van der Waals surface area contributed by atoms with Crippen LogP contribution < -0.4 is 9.64 Å². The second-order valence-electron chi connectivity index (χ2n) is 6.77. The van der Waals surface area contributed by atoms with Gasteiger partial charge in [0.25, 0.3) is 11.8 Å². The van der Waals surface area contributed by atoms with Crippen LogP contribution in [0.15, 0.2) is 54.2 Å². The molecule has 0 unspecified atom stereocenters. The second-order valence-corrected chi connectivity index (χ2v) is 7.18. The molecular weight excluding hydrogens is 376 g/mol. The molecule has 0 radical (unpaired) electrons. The number of amides is 2. The molecule has 0 aliphatic carbocycles. The number of carbonyl (C=O) groups is 2. The minimum absolute atomic E-state index is 0.316. The van der Waals surface area contributed by atoms with Crippen molar-refractivity contribution in [3.05, 3.63) is 64.8 Å². The second kappa shape index (κ2) is 7.68. The Bertz CT molecular complexity index is 947. The molecule has 5 nitrogen and oxygen atoms in total. The molecule has 2 heterocycles. The van der Waals surface area contributed by atoms with Crippen molar-refractivity contribution in [3.63, 3.8) is 0 Å². The molecule has 1 saturated heterocycles. The number of anilines is 1. The summed E-state index contributed by atoms with van der Waals surface area (Å²) in [4.78, 5) is 29.9. The van der Waals surface area contributed by atoms with Crippen LogP contribution in [-0.4, -0.2) is 36.4 Å². The zero-order valence-corrected chi connectivity index (χ0v) is 16.4. The van der Waals surface area contributed by atoms with E-state index in [1.807, 2.05) is 36.1 Å². The van der Waals surface area contributed by atoms with Gasteiger partial charge < -0.3 is 9.64 Å². The third kappa shape index (κ3) is 3.16. The van der Waals surface area contributed by atoms with E-state index in [4.69, 9.17) is 16.3 Å². The van der Waals surface area contributed by atoms with Crippen molar-refractivity contribution >= 4 is 34.7 Å². The molecule has 0 atom stereocenters. The third-order valence-electron chi connectivity index (χ3n) is 5.03. The summed E-state index contributed by atoms with van der Waals surface area (Å²) in [5.41, 5.74) is 2.01. The molecule has 0 spiro atoms. The lowest BCUT2D eigenvalue weighted by Crippen LogP contribution is -2.34. The highest BCUT2D eigenvalue weighted by Gasteiger charge is 2.43. The van der Waals surface area contributed by atoms with Crippen LogP contribution in [0.2, 0.25) is 5.02 Å². The number of halogens is 1. The zero-order valence-electron chi connectivity index (χ0n) is 15.7. The van der Waals surface area contributed by atoms with Crippen molar-refractivity contribution < 1.29 is 14.3 Å². The maximum Gasteiger partial charge on any atom is 0.282 e. The molecule has 1 fully saturated rings. The highest BCUT2D eigenvalue weighted by Crippen LogP contribution is 2.38. The van der Waals surface area contributed by atoms with E-state index >= 15 is 0 Å². The van der Waals surface area contributed by atoms with Crippen molar-refractivity contribution in [2.75, 3.05) is 24.6 Å². The monoisotopic (exact) mass is 396 g/mol. The lowest BCUT2D eigenvalue weighted by molar-refractivity contribution is -0.120. The molecule has 2 aromatic rings. The van der Waals surface area contributed by atoms with Crippen LogP contribution in [0.5, 0.6) is 5.75 Å². The molecule has 0 N–H and O–H groups in total. The minimum atomic E-state index is -0.343. The Labute approximate surface area is 169 Å². The molecule has 2 aliphatic rings. The summed E-state index contributed by atoms with van der Waals surface area (Å²) >= 11 is 6.30. The summed E-state index contributed by atoms with van der Waals surface area (Å²) < 4.78 is 5.50. The largest absolute Gasteiger partial charge is 0.494 e. The van der Waals surface area contributed by atoms with Gasteiger partial charge in [-0.15, -0.1) is 0 Å². The van der Waals surface area contributed by atoms with Crippen molar-refractivity contribution in [2.24, 2.45) is 0 Å². The van der Waals surface area contributed by atoms with E-state index in [1.165, 1.54) is 4.90 Å². The number of carbonyl (C=O) groups excluding carboxylic acids is 2. The van der Waals surface area contributed by atoms with Crippen LogP contribution in [-0.2, 0) is 9.59 Å². The van der Waals surface area contributed by atoms with Crippen molar-refractivity contribution in [3.8, 4) is 5.75 Å². The van der Waals surface area contributed by atoms with Gasteiger partial charge in [-0.3, -0.25) is 9.59 Å². The number of rotatable bonds is 5.